The maximum absolute atomic E-state index is 12.2. The third kappa shape index (κ3) is 5.17. The van der Waals surface area contributed by atoms with Gasteiger partial charge in [-0.2, -0.15) is 0 Å². The van der Waals surface area contributed by atoms with Crippen LogP contribution < -0.4 is 15.8 Å². The second-order valence-corrected chi connectivity index (χ2v) is 5.79. The maximum Gasteiger partial charge on any atom is 0.251 e. The van der Waals surface area contributed by atoms with Gasteiger partial charge in [0.1, 0.15) is 5.75 Å². The summed E-state index contributed by atoms with van der Waals surface area (Å²) in [6.45, 7) is 4.69. The van der Waals surface area contributed by atoms with E-state index in [2.05, 4.69) is 24.4 Å². The normalized spacial score (nSPS) is 11.3. The Morgan fingerprint density at radius 2 is 1.88 bits per heavy atom. The zero-order chi connectivity index (χ0) is 16.8. The Kier molecular flexibility index (Phi) is 7.59. The van der Waals surface area contributed by atoms with Crippen LogP contribution in [0.25, 0.3) is 0 Å². The molecule has 0 spiro atoms. The van der Waals surface area contributed by atoms with Gasteiger partial charge in [-0.3, -0.25) is 4.79 Å². The molecule has 0 aliphatic heterocycles. The highest BCUT2D eigenvalue weighted by Gasteiger charge is 2.10. The van der Waals surface area contributed by atoms with Crippen molar-refractivity contribution >= 4 is 24.0 Å². The summed E-state index contributed by atoms with van der Waals surface area (Å²) < 4.78 is 5.16. The summed E-state index contributed by atoms with van der Waals surface area (Å²) in [6.07, 6.45) is 0.874. The summed E-state index contributed by atoms with van der Waals surface area (Å²) in [4.78, 5) is 12.2. The molecule has 0 heterocycles. The van der Waals surface area contributed by atoms with Crippen molar-refractivity contribution in [2.75, 3.05) is 19.4 Å². The SMILES string of the molecule is COc1ccc(C(C)CCNC(=O)c2cc(N)ccc2C)cc1.Cl. The first-order valence-electron chi connectivity index (χ1n) is 7.79. The molecule has 1 atom stereocenters. The summed E-state index contributed by atoms with van der Waals surface area (Å²) in [6, 6.07) is 13.4. The predicted octanol–water partition coefficient (Wildman–Crippen LogP) is 3.93. The number of nitrogen functional groups attached to an aromatic ring is 1. The van der Waals surface area contributed by atoms with Crippen LogP contribution >= 0.6 is 12.4 Å². The van der Waals surface area contributed by atoms with Gasteiger partial charge >= 0.3 is 0 Å². The van der Waals surface area contributed by atoms with Crippen molar-refractivity contribution in [3.63, 3.8) is 0 Å². The Morgan fingerprint density at radius 3 is 2.50 bits per heavy atom. The van der Waals surface area contributed by atoms with Crippen LogP contribution in [0.15, 0.2) is 42.5 Å². The van der Waals surface area contributed by atoms with E-state index in [4.69, 9.17) is 10.5 Å². The summed E-state index contributed by atoms with van der Waals surface area (Å²) in [5.74, 6) is 1.14. The molecule has 0 aliphatic rings. The molecule has 3 N–H and O–H groups in total. The molecule has 1 amide bonds. The van der Waals surface area contributed by atoms with Crippen LogP contribution in [0.1, 0.15) is 40.7 Å². The van der Waals surface area contributed by atoms with E-state index in [1.54, 1.807) is 19.2 Å². The van der Waals surface area contributed by atoms with Crippen molar-refractivity contribution in [2.45, 2.75) is 26.2 Å². The smallest absolute Gasteiger partial charge is 0.251 e. The van der Waals surface area contributed by atoms with Gasteiger partial charge < -0.3 is 15.8 Å². The fourth-order valence-electron chi connectivity index (χ4n) is 2.48. The van der Waals surface area contributed by atoms with Gasteiger partial charge in [-0.1, -0.05) is 25.1 Å². The Morgan fingerprint density at radius 1 is 1.21 bits per heavy atom. The number of amides is 1. The molecule has 1 unspecified atom stereocenters. The van der Waals surface area contributed by atoms with Crippen LogP contribution in [0.4, 0.5) is 5.69 Å². The van der Waals surface area contributed by atoms with Crippen LogP contribution in [0.5, 0.6) is 5.75 Å². The number of anilines is 1. The zero-order valence-electron chi connectivity index (χ0n) is 14.3. The van der Waals surface area contributed by atoms with Crippen molar-refractivity contribution in [3.05, 3.63) is 59.2 Å². The van der Waals surface area contributed by atoms with E-state index in [9.17, 15) is 4.79 Å². The van der Waals surface area contributed by atoms with E-state index in [0.29, 0.717) is 23.7 Å². The average molecular weight is 349 g/mol. The van der Waals surface area contributed by atoms with E-state index >= 15 is 0 Å². The molecular weight excluding hydrogens is 324 g/mol. The summed E-state index contributed by atoms with van der Waals surface area (Å²) in [7, 11) is 1.66. The van der Waals surface area contributed by atoms with Gasteiger partial charge in [-0.15, -0.1) is 12.4 Å². The number of methoxy groups -OCH3 is 1. The Hall–Kier alpha value is -2.20. The molecule has 2 rings (SSSR count). The molecular formula is C19H25ClN2O2. The van der Waals surface area contributed by atoms with Gasteiger partial charge in [-0.25, -0.2) is 0 Å². The van der Waals surface area contributed by atoms with Crippen LogP contribution in [0.2, 0.25) is 0 Å². The lowest BCUT2D eigenvalue weighted by atomic mass is 9.97. The topological polar surface area (TPSA) is 64.3 Å². The second kappa shape index (κ2) is 9.18. The third-order valence-electron chi connectivity index (χ3n) is 4.05. The van der Waals surface area contributed by atoms with Gasteiger partial charge in [0.05, 0.1) is 7.11 Å². The Bertz CT molecular complexity index is 672. The number of ether oxygens (including phenoxy) is 1. The summed E-state index contributed by atoms with van der Waals surface area (Å²) >= 11 is 0. The molecule has 2 aromatic rings. The van der Waals surface area contributed by atoms with Crippen molar-refractivity contribution in [3.8, 4) is 5.75 Å². The first-order valence-corrected chi connectivity index (χ1v) is 7.79. The number of benzene rings is 2. The number of halogens is 1. The molecule has 0 aromatic heterocycles. The average Bonchev–Trinajstić information content (AvgIpc) is 2.56. The van der Waals surface area contributed by atoms with Crippen LogP contribution in [-0.2, 0) is 0 Å². The van der Waals surface area contributed by atoms with Gasteiger partial charge in [0.25, 0.3) is 5.91 Å². The summed E-state index contributed by atoms with van der Waals surface area (Å²) in [5.41, 5.74) is 9.16. The maximum atomic E-state index is 12.2. The molecule has 0 saturated heterocycles. The number of carbonyl (C=O) groups excluding carboxylic acids is 1. The lowest BCUT2D eigenvalue weighted by molar-refractivity contribution is 0.0952. The highest BCUT2D eigenvalue weighted by Crippen LogP contribution is 2.21. The first-order chi connectivity index (χ1) is 11.0. The monoisotopic (exact) mass is 348 g/mol. The fourth-order valence-corrected chi connectivity index (χ4v) is 2.48. The summed E-state index contributed by atoms with van der Waals surface area (Å²) in [5, 5.41) is 2.97. The van der Waals surface area contributed by atoms with Crippen molar-refractivity contribution in [1.82, 2.24) is 5.32 Å². The highest BCUT2D eigenvalue weighted by molar-refractivity contribution is 5.96. The first kappa shape index (κ1) is 19.8. The molecule has 130 valence electrons. The van der Waals surface area contributed by atoms with E-state index in [1.807, 2.05) is 25.1 Å². The van der Waals surface area contributed by atoms with Gasteiger partial charge in [0, 0.05) is 17.8 Å². The number of nitrogens with one attached hydrogen (secondary N) is 1. The number of hydrogen-bond donors (Lipinski definition) is 2. The van der Waals surface area contributed by atoms with Crippen LogP contribution in [0, 0.1) is 6.92 Å². The molecule has 24 heavy (non-hydrogen) atoms. The highest BCUT2D eigenvalue weighted by atomic mass is 35.5. The van der Waals surface area contributed by atoms with Crippen LogP contribution in [-0.4, -0.2) is 19.6 Å². The minimum Gasteiger partial charge on any atom is -0.497 e. The minimum atomic E-state index is -0.0725. The number of hydrogen-bond acceptors (Lipinski definition) is 3. The molecule has 0 aliphatic carbocycles. The lowest BCUT2D eigenvalue weighted by Gasteiger charge is -2.14. The van der Waals surface area contributed by atoms with Crippen molar-refractivity contribution in [1.29, 1.82) is 0 Å². The Balaban J connectivity index is 0.00000288. The number of carbonyl (C=O) groups is 1. The molecule has 4 nitrogen and oxygen atoms in total. The van der Waals surface area contributed by atoms with Crippen LogP contribution in [0.3, 0.4) is 0 Å². The Labute approximate surface area is 149 Å². The number of nitrogens with two attached hydrogens (primary N) is 1. The largest absolute Gasteiger partial charge is 0.497 e. The van der Waals surface area contributed by atoms with Gasteiger partial charge in [-0.05, 0) is 54.7 Å². The minimum absolute atomic E-state index is 0. The molecule has 0 saturated carbocycles. The number of rotatable bonds is 6. The van der Waals surface area contributed by atoms with Crippen molar-refractivity contribution < 1.29 is 9.53 Å². The van der Waals surface area contributed by atoms with E-state index in [0.717, 1.165) is 17.7 Å². The van der Waals surface area contributed by atoms with Gasteiger partial charge in [0.15, 0.2) is 0 Å². The lowest BCUT2D eigenvalue weighted by Crippen LogP contribution is -2.26. The fraction of sp³-hybridized carbons (Fsp3) is 0.316. The molecule has 0 bridgehead atoms. The van der Waals surface area contributed by atoms with E-state index in [-0.39, 0.29) is 18.3 Å². The number of aryl methyl sites for hydroxylation is 1. The van der Waals surface area contributed by atoms with Gasteiger partial charge in [0.2, 0.25) is 0 Å². The second-order valence-electron chi connectivity index (χ2n) is 5.79. The molecule has 2 aromatic carbocycles. The van der Waals surface area contributed by atoms with E-state index < -0.39 is 0 Å². The quantitative estimate of drug-likeness (QED) is 0.777. The van der Waals surface area contributed by atoms with E-state index in [1.165, 1.54) is 5.56 Å². The third-order valence-corrected chi connectivity index (χ3v) is 4.05. The predicted molar refractivity (Wildman–Crippen MR) is 101 cm³/mol. The molecule has 5 heteroatoms. The van der Waals surface area contributed by atoms with Crippen molar-refractivity contribution in [2.24, 2.45) is 0 Å². The molecule has 0 radical (unpaired) electrons. The molecule has 0 fully saturated rings. The zero-order valence-corrected chi connectivity index (χ0v) is 15.2. The standard InChI is InChI=1S/C19H24N2O2.ClH/c1-13(15-5-8-17(23-3)9-6-15)10-11-21-19(22)18-12-16(20)7-4-14(18)2;/h4-9,12-13H,10-11,20H2,1-3H3,(H,21,22);1H.